The summed E-state index contributed by atoms with van der Waals surface area (Å²) in [5, 5.41) is 8.22. The smallest absolute Gasteiger partial charge is 0.375 e. The molecular formula is C7H9FO3. The monoisotopic (exact) mass is 160 g/mol. The summed E-state index contributed by atoms with van der Waals surface area (Å²) in [4.78, 5) is 20.8. The minimum Gasteiger partial charge on any atom is -0.475 e. The van der Waals surface area contributed by atoms with Crippen molar-refractivity contribution in [3.8, 4) is 0 Å². The summed E-state index contributed by atoms with van der Waals surface area (Å²) < 4.78 is 13.2. The van der Waals surface area contributed by atoms with Gasteiger partial charge < -0.3 is 5.11 Å². The molecule has 0 radical (unpaired) electrons. The van der Waals surface area contributed by atoms with Crippen molar-refractivity contribution in [2.45, 2.75) is 31.4 Å². The number of carboxylic acids is 1. The maximum absolute atomic E-state index is 13.2. The molecule has 0 unspecified atom stereocenters. The number of halogens is 1. The number of hydrogen-bond donors (Lipinski definition) is 1. The van der Waals surface area contributed by atoms with E-state index in [0.717, 1.165) is 0 Å². The Morgan fingerprint density at radius 2 is 1.73 bits per heavy atom. The minimum atomic E-state index is -2.06. The van der Waals surface area contributed by atoms with Crippen LogP contribution < -0.4 is 0 Å². The molecule has 0 aromatic rings. The first-order chi connectivity index (χ1) is 5.06. The van der Waals surface area contributed by atoms with E-state index in [-0.39, 0.29) is 12.8 Å². The van der Waals surface area contributed by atoms with E-state index >= 15 is 0 Å². The van der Waals surface area contributed by atoms with Crippen LogP contribution in [-0.4, -0.2) is 22.5 Å². The zero-order chi connectivity index (χ0) is 8.48. The number of aliphatic carboxylic acids is 1. The second kappa shape index (κ2) is 2.60. The fourth-order valence-electron chi connectivity index (χ4n) is 1.35. The van der Waals surface area contributed by atoms with Crippen molar-refractivity contribution in [3.05, 3.63) is 0 Å². The van der Waals surface area contributed by atoms with Gasteiger partial charge in [-0.1, -0.05) is 0 Å². The minimum absolute atomic E-state index is 0.0676. The number of Topliss-reactive ketones (excluding diaryl/α,β-unsaturated/α-hetero) is 1. The highest BCUT2D eigenvalue weighted by molar-refractivity contribution is 6.36. The van der Waals surface area contributed by atoms with Crippen LogP contribution in [0, 0.1) is 0 Å². The molecule has 0 atom stereocenters. The SMILES string of the molecule is O=C(O)C(=O)C1(F)CCCC1. The van der Waals surface area contributed by atoms with Gasteiger partial charge >= 0.3 is 5.97 Å². The van der Waals surface area contributed by atoms with Crippen molar-refractivity contribution < 1.29 is 19.1 Å². The van der Waals surface area contributed by atoms with E-state index < -0.39 is 17.4 Å². The highest BCUT2D eigenvalue weighted by atomic mass is 19.1. The predicted molar refractivity (Wildman–Crippen MR) is 34.9 cm³/mol. The van der Waals surface area contributed by atoms with Crippen LogP contribution in [0.5, 0.6) is 0 Å². The van der Waals surface area contributed by atoms with Crippen molar-refractivity contribution in [1.82, 2.24) is 0 Å². The molecule has 1 fully saturated rings. The van der Waals surface area contributed by atoms with E-state index in [4.69, 9.17) is 5.11 Å². The van der Waals surface area contributed by atoms with Gasteiger partial charge in [0.1, 0.15) is 0 Å². The van der Waals surface area contributed by atoms with E-state index in [1.54, 1.807) is 0 Å². The zero-order valence-electron chi connectivity index (χ0n) is 5.97. The summed E-state index contributed by atoms with van der Waals surface area (Å²) in [6, 6.07) is 0. The summed E-state index contributed by atoms with van der Waals surface area (Å²) in [6.07, 6.45) is 1.35. The van der Waals surface area contributed by atoms with Gasteiger partial charge in [-0.05, 0) is 25.7 Å². The Labute approximate surface area is 63.2 Å². The molecule has 3 nitrogen and oxygen atoms in total. The number of carbonyl (C=O) groups excluding carboxylic acids is 1. The maximum atomic E-state index is 13.2. The van der Waals surface area contributed by atoms with Crippen molar-refractivity contribution in [2.24, 2.45) is 0 Å². The van der Waals surface area contributed by atoms with Crippen LogP contribution in [-0.2, 0) is 9.59 Å². The third-order valence-electron chi connectivity index (χ3n) is 2.00. The molecule has 0 bridgehead atoms. The third kappa shape index (κ3) is 1.39. The third-order valence-corrected chi connectivity index (χ3v) is 2.00. The van der Waals surface area contributed by atoms with Gasteiger partial charge in [-0.2, -0.15) is 0 Å². The fourth-order valence-corrected chi connectivity index (χ4v) is 1.35. The highest BCUT2D eigenvalue weighted by Crippen LogP contribution is 2.34. The van der Waals surface area contributed by atoms with Gasteiger partial charge in [0, 0.05) is 0 Å². The number of ketones is 1. The largest absolute Gasteiger partial charge is 0.475 e. The predicted octanol–water partition coefficient (Wildman–Crippen LogP) is 0.922. The van der Waals surface area contributed by atoms with Gasteiger partial charge in [-0.15, -0.1) is 0 Å². The first kappa shape index (κ1) is 8.17. The van der Waals surface area contributed by atoms with E-state index in [1.165, 1.54) is 0 Å². The molecule has 0 aromatic carbocycles. The van der Waals surface area contributed by atoms with Crippen molar-refractivity contribution in [3.63, 3.8) is 0 Å². The average Bonchev–Trinajstić information content (AvgIpc) is 2.35. The Balaban J connectivity index is 2.71. The van der Waals surface area contributed by atoms with Crippen LogP contribution in [0.3, 0.4) is 0 Å². The van der Waals surface area contributed by atoms with Gasteiger partial charge in [-0.3, -0.25) is 4.79 Å². The standard InChI is InChI=1S/C7H9FO3/c8-7(3-1-2-4-7)5(9)6(10)11/h1-4H2,(H,10,11). The quantitative estimate of drug-likeness (QED) is 0.611. The van der Waals surface area contributed by atoms with E-state index in [2.05, 4.69) is 0 Å². The number of carbonyl (C=O) groups is 2. The summed E-state index contributed by atoms with van der Waals surface area (Å²) in [7, 11) is 0. The molecule has 0 aromatic heterocycles. The lowest BCUT2D eigenvalue weighted by Crippen LogP contribution is -2.36. The van der Waals surface area contributed by atoms with Crippen LogP contribution >= 0.6 is 0 Å². The van der Waals surface area contributed by atoms with Crippen molar-refractivity contribution in [2.75, 3.05) is 0 Å². The molecule has 0 aliphatic heterocycles. The second-order valence-corrected chi connectivity index (χ2v) is 2.81. The normalized spacial score (nSPS) is 21.5. The number of rotatable bonds is 2. The van der Waals surface area contributed by atoms with Crippen molar-refractivity contribution >= 4 is 11.8 Å². The molecule has 0 saturated heterocycles. The Morgan fingerprint density at radius 3 is 2.09 bits per heavy atom. The van der Waals surface area contributed by atoms with Crippen LogP contribution in [0.15, 0.2) is 0 Å². The molecule has 11 heavy (non-hydrogen) atoms. The summed E-state index contributed by atoms with van der Waals surface area (Å²) in [5.74, 6) is -2.94. The first-order valence-corrected chi connectivity index (χ1v) is 3.53. The van der Waals surface area contributed by atoms with Crippen molar-refractivity contribution in [1.29, 1.82) is 0 Å². The molecule has 0 amide bonds. The van der Waals surface area contributed by atoms with E-state index in [0.29, 0.717) is 12.8 Å². The number of alkyl halides is 1. The van der Waals surface area contributed by atoms with E-state index in [9.17, 15) is 14.0 Å². The van der Waals surface area contributed by atoms with Crippen LogP contribution in [0.4, 0.5) is 4.39 Å². The first-order valence-electron chi connectivity index (χ1n) is 3.53. The Hall–Kier alpha value is -0.930. The second-order valence-electron chi connectivity index (χ2n) is 2.81. The highest BCUT2D eigenvalue weighted by Gasteiger charge is 2.44. The summed E-state index contributed by atoms with van der Waals surface area (Å²) in [6.45, 7) is 0. The molecule has 1 aliphatic carbocycles. The Bertz CT molecular complexity index is 194. The molecule has 4 heteroatoms. The number of hydrogen-bond acceptors (Lipinski definition) is 2. The van der Waals surface area contributed by atoms with Crippen LogP contribution in [0.1, 0.15) is 25.7 Å². The Morgan fingerprint density at radius 1 is 1.27 bits per heavy atom. The lowest BCUT2D eigenvalue weighted by Gasteiger charge is -2.12. The molecule has 0 spiro atoms. The lowest BCUT2D eigenvalue weighted by atomic mass is 9.99. The lowest BCUT2D eigenvalue weighted by molar-refractivity contribution is -0.154. The molecule has 1 rings (SSSR count). The molecular weight excluding hydrogens is 151 g/mol. The molecule has 1 N–H and O–H groups in total. The molecule has 0 heterocycles. The summed E-state index contributed by atoms with van der Waals surface area (Å²) in [5.41, 5.74) is -2.06. The summed E-state index contributed by atoms with van der Waals surface area (Å²) >= 11 is 0. The van der Waals surface area contributed by atoms with Crippen LogP contribution in [0.25, 0.3) is 0 Å². The molecule has 1 saturated carbocycles. The van der Waals surface area contributed by atoms with Gasteiger partial charge in [0.25, 0.3) is 5.78 Å². The fraction of sp³-hybridized carbons (Fsp3) is 0.714. The van der Waals surface area contributed by atoms with Crippen LogP contribution in [0.2, 0.25) is 0 Å². The van der Waals surface area contributed by atoms with Gasteiger partial charge in [-0.25, -0.2) is 9.18 Å². The Kier molecular flexibility index (Phi) is 1.93. The average molecular weight is 160 g/mol. The molecule has 1 aliphatic rings. The zero-order valence-corrected chi connectivity index (χ0v) is 5.97. The topological polar surface area (TPSA) is 54.4 Å². The van der Waals surface area contributed by atoms with E-state index in [1.807, 2.05) is 0 Å². The van der Waals surface area contributed by atoms with Gasteiger partial charge in [0.2, 0.25) is 0 Å². The van der Waals surface area contributed by atoms with Gasteiger partial charge in [0.15, 0.2) is 5.67 Å². The van der Waals surface area contributed by atoms with Gasteiger partial charge in [0.05, 0.1) is 0 Å². The maximum Gasteiger partial charge on any atom is 0.375 e. The molecule has 62 valence electrons. The number of carboxylic acid groups (broad SMARTS) is 1.